The first-order valence-electron chi connectivity index (χ1n) is 19.7. The summed E-state index contributed by atoms with van der Waals surface area (Å²) in [5.74, 6) is 0. The van der Waals surface area contributed by atoms with Crippen molar-refractivity contribution in [3.05, 3.63) is 171 Å². The second-order valence-electron chi connectivity index (χ2n) is 14.7. The van der Waals surface area contributed by atoms with Crippen molar-refractivity contribution in [3.8, 4) is 0 Å². The molecule has 9 aromatic rings. The average molecular weight is 921 g/mol. The fourth-order valence-corrected chi connectivity index (χ4v) is 19.1. The van der Waals surface area contributed by atoms with Gasteiger partial charge in [-0.3, -0.25) is 14.7 Å². The standard InChI is InChI=1S/C48H32N4S8/c1-5-13-29(14-6-1)49-41-33-21-25-54-38(33)46(57-41)51(31-17-9-3-10-18-31)43-35-23-27-56-40(35)48(59-43)52(32-19-11-4-12-20-32)44-36-24-28-55-39(36)47(60-44)50(30-15-7-2-8-16-30)42-34-22-26-53-37(34)45(49)58-42/h1-3,5-11,13-28,40,48H,4,12H2. The summed E-state index contributed by atoms with van der Waals surface area (Å²) in [6.07, 6.45) is 11.7. The van der Waals surface area contributed by atoms with E-state index in [1.807, 2.05) is 91.5 Å². The van der Waals surface area contributed by atoms with Gasteiger partial charge in [0.1, 0.15) is 35.4 Å². The number of anilines is 9. The SMILES string of the molecule is C1=CC(N2c3sc(c4sccc34)N(c3ccccc3)c3sc(c4sccc34)N(c3ccccc3)c3sc(c4sccc34)N(c3ccccc3)C3=C4C=CSC4C2S3)=CCC1. The second-order valence-corrected chi connectivity index (χ2v) is 22.6. The third kappa shape index (κ3) is 5.52. The summed E-state index contributed by atoms with van der Waals surface area (Å²) in [6.45, 7) is 0. The van der Waals surface area contributed by atoms with Crippen LogP contribution < -0.4 is 19.6 Å². The zero-order chi connectivity index (χ0) is 39.3. The molecular formula is C48H32N4S8. The summed E-state index contributed by atoms with van der Waals surface area (Å²) < 4.78 is 3.94. The molecule has 3 aromatic carbocycles. The Hall–Kier alpha value is -4.50. The summed E-state index contributed by atoms with van der Waals surface area (Å²) in [5, 5.41) is 22.4. The van der Waals surface area contributed by atoms with Gasteiger partial charge in [0.25, 0.3) is 0 Å². The molecule has 4 aliphatic rings. The van der Waals surface area contributed by atoms with Gasteiger partial charge in [0.15, 0.2) is 0 Å². The number of allylic oxidation sites excluding steroid dienone is 4. The quantitative estimate of drug-likeness (QED) is 0.173. The highest BCUT2D eigenvalue weighted by Gasteiger charge is 2.46. The van der Waals surface area contributed by atoms with Crippen LogP contribution in [0, 0.1) is 0 Å². The van der Waals surface area contributed by atoms with Crippen LogP contribution >= 0.6 is 91.5 Å². The van der Waals surface area contributed by atoms with Crippen LogP contribution in [-0.2, 0) is 0 Å². The lowest BCUT2D eigenvalue weighted by molar-refractivity contribution is 0.856. The molecule has 0 saturated heterocycles. The smallest absolute Gasteiger partial charge is 0.121 e. The number of rotatable bonds is 4. The normalized spacial score (nSPS) is 18.8. The summed E-state index contributed by atoms with van der Waals surface area (Å²) in [6, 6.07) is 40.2. The van der Waals surface area contributed by atoms with Gasteiger partial charge in [0, 0.05) is 38.9 Å². The third-order valence-electron chi connectivity index (χ3n) is 11.4. The van der Waals surface area contributed by atoms with Crippen LogP contribution in [0.3, 0.4) is 0 Å². The number of nitrogens with zero attached hydrogens (tertiary/aromatic N) is 4. The summed E-state index contributed by atoms with van der Waals surface area (Å²) in [5.41, 5.74) is 6.22. The molecule has 0 saturated carbocycles. The minimum absolute atomic E-state index is 0.124. The van der Waals surface area contributed by atoms with Crippen molar-refractivity contribution < 1.29 is 0 Å². The monoisotopic (exact) mass is 920 g/mol. The van der Waals surface area contributed by atoms with Crippen molar-refractivity contribution in [2.75, 3.05) is 19.6 Å². The van der Waals surface area contributed by atoms with Gasteiger partial charge in [0.2, 0.25) is 0 Å². The molecule has 12 heteroatoms. The molecular weight excluding hydrogens is 889 g/mol. The Morgan fingerprint density at radius 3 is 1.52 bits per heavy atom. The van der Waals surface area contributed by atoms with Crippen LogP contribution in [0.4, 0.5) is 47.1 Å². The Kier molecular flexibility index (Phi) is 8.78. The molecule has 6 aromatic heterocycles. The Morgan fingerprint density at radius 2 is 0.983 bits per heavy atom. The van der Waals surface area contributed by atoms with Gasteiger partial charge in [-0.25, -0.2) is 0 Å². The van der Waals surface area contributed by atoms with Crippen LogP contribution in [0.2, 0.25) is 0 Å². The molecule has 0 amide bonds. The van der Waals surface area contributed by atoms with E-state index in [-0.39, 0.29) is 10.6 Å². The van der Waals surface area contributed by atoms with Crippen molar-refractivity contribution in [2.24, 2.45) is 0 Å². The van der Waals surface area contributed by atoms with Crippen LogP contribution in [0.25, 0.3) is 30.3 Å². The minimum atomic E-state index is 0.124. The molecule has 0 N–H and O–H groups in total. The Bertz CT molecular complexity index is 3210. The summed E-state index contributed by atoms with van der Waals surface area (Å²) in [4.78, 5) is 10.5. The largest absolute Gasteiger partial charge is 0.319 e. The van der Waals surface area contributed by atoms with E-state index in [9.17, 15) is 0 Å². The third-order valence-corrected chi connectivity index (χ3v) is 20.7. The van der Waals surface area contributed by atoms with Crippen molar-refractivity contribution in [3.63, 3.8) is 0 Å². The highest BCUT2D eigenvalue weighted by atomic mass is 32.2. The van der Waals surface area contributed by atoms with E-state index >= 15 is 0 Å². The van der Waals surface area contributed by atoms with Gasteiger partial charge in [-0.05, 0) is 107 Å². The minimum Gasteiger partial charge on any atom is -0.319 e. The van der Waals surface area contributed by atoms with Crippen LogP contribution in [0.5, 0.6) is 0 Å². The van der Waals surface area contributed by atoms with E-state index in [0.29, 0.717) is 0 Å². The Morgan fingerprint density at radius 1 is 0.483 bits per heavy atom. The van der Waals surface area contributed by atoms with Crippen LogP contribution in [-0.4, -0.2) is 10.6 Å². The van der Waals surface area contributed by atoms with Crippen LogP contribution in [0.15, 0.2) is 171 Å². The highest BCUT2D eigenvalue weighted by molar-refractivity contribution is 8.08. The number of hydrogen-bond donors (Lipinski definition) is 0. The Labute approximate surface area is 379 Å². The fourth-order valence-electron chi connectivity index (χ4n) is 8.72. The lowest BCUT2D eigenvalue weighted by atomic mass is 10.1. The van der Waals surface area contributed by atoms with E-state index in [0.717, 1.165) is 18.5 Å². The maximum Gasteiger partial charge on any atom is 0.121 e. The first-order valence-corrected chi connectivity index (χ1v) is 26.7. The van der Waals surface area contributed by atoms with Crippen molar-refractivity contribution in [1.29, 1.82) is 0 Å². The molecule has 1 aliphatic carbocycles. The van der Waals surface area contributed by atoms with E-state index in [2.05, 4.69) is 175 Å². The summed E-state index contributed by atoms with van der Waals surface area (Å²) in [7, 11) is 0. The van der Waals surface area contributed by atoms with Crippen LogP contribution in [0.1, 0.15) is 12.8 Å². The molecule has 8 bridgehead atoms. The van der Waals surface area contributed by atoms with Gasteiger partial charge in [-0.2, -0.15) is 0 Å². The number of thiophene rings is 6. The first kappa shape index (κ1) is 36.2. The van der Waals surface area contributed by atoms with Gasteiger partial charge >= 0.3 is 0 Å². The van der Waals surface area contributed by atoms with Gasteiger partial charge in [-0.15, -0.1) is 45.8 Å². The van der Waals surface area contributed by atoms with E-state index in [1.165, 1.54) is 87.9 Å². The molecule has 0 spiro atoms. The second kappa shape index (κ2) is 14.6. The summed E-state index contributed by atoms with van der Waals surface area (Å²) >= 11 is 15.4. The molecule has 13 rings (SSSR count). The topological polar surface area (TPSA) is 13.0 Å². The lowest BCUT2D eigenvalue weighted by Crippen LogP contribution is -2.37. The zero-order valence-electron chi connectivity index (χ0n) is 31.6. The highest BCUT2D eigenvalue weighted by Crippen LogP contribution is 2.63. The molecule has 0 radical (unpaired) electrons. The zero-order valence-corrected chi connectivity index (χ0v) is 38.2. The molecule has 60 heavy (non-hydrogen) atoms. The number of hydrogen-bond acceptors (Lipinski definition) is 12. The molecule has 292 valence electrons. The van der Waals surface area contributed by atoms with Crippen molar-refractivity contribution in [1.82, 2.24) is 0 Å². The number of para-hydroxylation sites is 3. The molecule has 3 aliphatic heterocycles. The maximum atomic E-state index is 2.72. The van der Waals surface area contributed by atoms with E-state index in [1.54, 1.807) is 0 Å². The molecule has 2 atom stereocenters. The molecule has 2 unspecified atom stereocenters. The van der Waals surface area contributed by atoms with Crippen molar-refractivity contribution in [2.45, 2.75) is 23.5 Å². The molecule has 0 fully saturated rings. The number of benzene rings is 3. The predicted molar refractivity (Wildman–Crippen MR) is 272 cm³/mol. The fraction of sp³-hybridized carbons (Fsp3) is 0.0833. The van der Waals surface area contributed by atoms with E-state index < -0.39 is 0 Å². The predicted octanol–water partition coefficient (Wildman–Crippen LogP) is 17.6. The molecule has 4 nitrogen and oxygen atoms in total. The maximum absolute atomic E-state index is 2.72. The van der Waals surface area contributed by atoms with Gasteiger partial charge < -0.3 is 4.90 Å². The molecule has 9 heterocycles. The van der Waals surface area contributed by atoms with Gasteiger partial charge in [-0.1, -0.05) is 113 Å². The lowest BCUT2D eigenvalue weighted by Gasteiger charge is -2.35. The number of thioether (sulfide) groups is 2. The van der Waals surface area contributed by atoms with E-state index in [4.69, 9.17) is 0 Å². The van der Waals surface area contributed by atoms with Crippen molar-refractivity contribution >= 4 is 169 Å². The Balaban J connectivity index is 1.17. The average Bonchev–Trinajstić information content (AvgIpc) is 4.15. The first-order chi connectivity index (χ1) is 29.8. The van der Waals surface area contributed by atoms with Gasteiger partial charge in [0.05, 0.1) is 24.4 Å².